The highest BCUT2D eigenvalue weighted by atomic mass is 16.7. The van der Waals surface area contributed by atoms with Gasteiger partial charge in [0.25, 0.3) is 0 Å². The van der Waals surface area contributed by atoms with Crippen molar-refractivity contribution in [3.8, 4) is 0 Å². The van der Waals surface area contributed by atoms with E-state index < -0.39 is 0 Å². The maximum Gasteiger partial charge on any atom is 0.161 e. The zero-order chi connectivity index (χ0) is 40.8. The largest absolute Gasteiger partial charge is 0.374 e. The number of fused-ring (bicyclic) bond motifs is 5. The summed E-state index contributed by atoms with van der Waals surface area (Å²) in [5.74, 6) is 6.03. The van der Waals surface area contributed by atoms with Gasteiger partial charge in [0.15, 0.2) is 6.29 Å². The lowest BCUT2D eigenvalue weighted by Crippen LogP contribution is -2.55. The molecule has 5 nitrogen and oxygen atoms in total. The summed E-state index contributed by atoms with van der Waals surface area (Å²) in [6, 6.07) is 31.3. The summed E-state index contributed by atoms with van der Waals surface area (Å²) >= 11 is 0. The van der Waals surface area contributed by atoms with E-state index in [1.807, 2.05) is 12.1 Å². The highest BCUT2D eigenvalue weighted by Crippen LogP contribution is 2.68. The van der Waals surface area contributed by atoms with E-state index in [0.29, 0.717) is 43.7 Å². The average Bonchev–Trinajstić information content (AvgIpc) is 3.61. The van der Waals surface area contributed by atoms with Crippen LogP contribution in [0.4, 0.5) is 0 Å². The minimum absolute atomic E-state index is 0.197. The van der Waals surface area contributed by atoms with Gasteiger partial charge in [0.05, 0.1) is 38.6 Å². The predicted molar refractivity (Wildman–Crippen MR) is 237 cm³/mol. The zero-order valence-corrected chi connectivity index (χ0v) is 37.2. The monoisotopic (exact) mass is 805 g/mol. The third-order valence-electron chi connectivity index (χ3n) is 16.6. The molecule has 1 aliphatic heterocycles. The van der Waals surface area contributed by atoms with Crippen molar-refractivity contribution in [2.24, 2.45) is 52.3 Å². The Hall–Kier alpha value is -2.54. The van der Waals surface area contributed by atoms with Gasteiger partial charge in [0, 0.05) is 6.42 Å². The quantitative estimate of drug-likeness (QED) is 0.127. The number of benzene rings is 3. The van der Waals surface area contributed by atoms with Gasteiger partial charge in [-0.25, -0.2) is 0 Å². The molecular weight excluding hydrogens is 729 g/mol. The molecule has 322 valence electrons. The summed E-state index contributed by atoms with van der Waals surface area (Å²) in [6.07, 6.45) is 16.0. The van der Waals surface area contributed by atoms with Gasteiger partial charge in [-0.05, 0) is 127 Å². The van der Waals surface area contributed by atoms with E-state index in [4.69, 9.17) is 23.7 Å². The first-order chi connectivity index (χ1) is 28.7. The summed E-state index contributed by atoms with van der Waals surface area (Å²) in [5.41, 5.74) is 4.41. The van der Waals surface area contributed by atoms with Crippen molar-refractivity contribution in [2.75, 3.05) is 6.61 Å². The van der Waals surface area contributed by atoms with Gasteiger partial charge in [-0.1, -0.05) is 145 Å². The lowest BCUT2D eigenvalue weighted by atomic mass is 9.44. The molecule has 0 N–H and O–H groups in total. The summed E-state index contributed by atoms with van der Waals surface area (Å²) in [7, 11) is 0. The highest BCUT2D eigenvalue weighted by Gasteiger charge is 2.61. The summed E-state index contributed by atoms with van der Waals surface area (Å²) in [6.45, 7) is 14.8. The van der Waals surface area contributed by atoms with Crippen molar-refractivity contribution in [1.29, 1.82) is 0 Å². The summed E-state index contributed by atoms with van der Waals surface area (Å²) in [4.78, 5) is 0. The lowest BCUT2D eigenvalue weighted by Gasteiger charge is -2.61. The standard InChI is InChI=1S/C54H76O5/c1-38(2)16-15-17-39(3)46-26-27-47-45-25-24-43-32-44(28-30-53(43,4)48(45)29-31-54(46,47)5)58-51-33-49(56-35-41-20-11-7-12-21-41)52(57-36-42-22-13-8-14-23-42)50(59-51)37-55-34-40-18-9-6-10-19-40/h6-14,18-23,38-39,43-52H,15-17,24-37H2,1-5H3/t39-,43?,44+,45+,46-,47+,48+,49-,50-,51+,52+,53+,54-/m1/s1. The lowest BCUT2D eigenvalue weighted by molar-refractivity contribution is -0.294. The van der Waals surface area contributed by atoms with Gasteiger partial charge >= 0.3 is 0 Å². The normalized spacial score (nSPS) is 36.1. The Morgan fingerprint density at radius 1 is 0.644 bits per heavy atom. The first-order valence-corrected chi connectivity index (χ1v) is 23.9. The van der Waals surface area contributed by atoms with E-state index in [2.05, 4.69) is 113 Å². The topological polar surface area (TPSA) is 46.2 Å². The van der Waals surface area contributed by atoms with Crippen LogP contribution in [0.3, 0.4) is 0 Å². The third kappa shape index (κ3) is 10.1. The fraction of sp³-hybridized carbons (Fsp3) is 0.667. The van der Waals surface area contributed by atoms with Crippen LogP contribution in [0.1, 0.15) is 135 Å². The van der Waals surface area contributed by atoms with Crippen molar-refractivity contribution >= 4 is 0 Å². The molecule has 59 heavy (non-hydrogen) atoms. The van der Waals surface area contributed by atoms with Gasteiger partial charge in [0.1, 0.15) is 12.2 Å². The van der Waals surface area contributed by atoms with Crippen molar-refractivity contribution in [1.82, 2.24) is 0 Å². The Labute approximate surface area is 357 Å². The second kappa shape index (κ2) is 19.7. The molecule has 0 aromatic heterocycles. The van der Waals surface area contributed by atoms with Crippen LogP contribution in [0.15, 0.2) is 91.0 Å². The van der Waals surface area contributed by atoms with Crippen LogP contribution >= 0.6 is 0 Å². The molecule has 4 saturated carbocycles. The molecule has 1 saturated heterocycles. The van der Waals surface area contributed by atoms with Crippen molar-refractivity contribution in [2.45, 2.75) is 169 Å². The Kier molecular flexibility index (Phi) is 14.4. The van der Waals surface area contributed by atoms with Gasteiger partial charge in [-0.15, -0.1) is 0 Å². The predicted octanol–water partition coefficient (Wildman–Crippen LogP) is 13.0. The van der Waals surface area contributed by atoms with Gasteiger partial charge in [-0.2, -0.15) is 0 Å². The van der Waals surface area contributed by atoms with Crippen molar-refractivity contribution < 1.29 is 23.7 Å². The molecule has 8 rings (SSSR count). The Morgan fingerprint density at radius 3 is 1.95 bits per heavy atom. The fourth-order valence-corrected chi connectivity index (χ4v) is 13.5. The number of hydrogen-bond acceptors (Lipinski definition) is 5. The van der Waals surface area contributed by atoms with E-state index in [0.717, 1.165) is 71.0 Å². The molecule has 0 amide bonds. The first-order valence-electron chi connectivity index (χ1n) is 23.9. The first kappa shape index (κ1) is 43.1. The molecule has 1 heterocycles. The molecule has 13 atom stereocenters. The minimum atomic E-state index is -0.364. The molecule has 4 aliphatic carbocycles. The van der Waals surface area contributed by atoms with E-state index in [9.17, 15) is 0 Å². The molecule has 0 spiro atoms. The van der Waals surface area contributed by atoms with Gasteiger partial charge in [0.2, 0.25) is 0 Å². The molecule has 5 aliphatic rings. The Morgan fingerprint density at radius 2 is 1.27 bits per heavy atom. The van der Waals surface area contributed by atoms with Crippen LogP contribution in [0.5, 0.6) is 0 Å². The van der Waals surface area contributed by atoms with E-state index in [1.54, 1.807) is 0 Å². The second-order valence-corrected chi connectivity index (χ2v) is 20.7. The molecule has 3 aromatic carbocycles. The van der Waals surface area contributed by atoms with Gasteiger partial charge < -0.3 is 23.7 Å². The number of ether oxygens (including phenoxy) is 5. The average molecular weight is 805 g/mol. The van der Waals surface area contributed by atoms with Crippen LogP contribution in [0, 0.1) is 52.3 Å². The highest BCUT2D eigenvalue weighted by molar-refractivity contribution is 5.16. The molecule has 5 fully saturated rings. The van der Waals surface area contributed by atoms with Gasteiger partial charge in [-0.3, -0.25) is 0 Å². The maximum absolute atomic E-state index is 7.11. The Balaban J connectivity index is 0.931. The molecule has 1 unspecified atom stereocenters. The third-order valence-corrected chi connectivity index (χ3v) is 16.6. The maximum atomic E-state index is 7.11. The van der Waals surface area contributed by atoms with Crippen molar-refractivity contribution in [3.05, 3.63) is 108 Å². The zero-order valence-electron chi connectivity index (χ0n) is 37.2. The minimum Gasteiger partial charge on any atom is -0.374 e. The number of rotatable bonds is 17. The second-order valence-electron chi connectivity index (χ2n) is 20.7. The van der Waals surface area contributed by atoms with Crippen molar-refractivity contribution in [3.63, 3.8) is 0 Å². The molecular formula is C54H76O5. The molecule has 0 radical (unpaired) electrons. The fourth-order valence-electron chi connectivity index (χ4n) is 13.5. The van der Waals surface area contributed by atoms with Crippen LogP contribution in [-0.2, 0) is 43.5 Å². The smallest absolute Gasteiger partial charge is 0.161 e. The number of hydrogen-bond donors (Lipinski definition) is 0. The summed E-state index contributed by atoms with van der Waals surface area (Å²) < 4.78 is 34.0. The molecule has 3 aromatic rings. The van der Waals surface area contributed by atoms with E-state index in [1.165, 1.54) is 64.2 Å². The van der Waals surface area contributed by atoms with Crippen LogP contribution < -0.4 is 0 Å². The van der Waals surface area contributed by atoms with Crippen LogP contribution in [0.2, 0.25) is 0 Å². The SMILES string of the molecule is CC(C)CCC[C@@H](C)[C@H]1CC[C@H]2[C@@H]3CCC4C[C@@H](O[C@@H]5C[C@@H](OCc6ccccc6)[C@H](OCc6ccccc6)[C@@H](COCc6ccccc6)O5)CC[C@]4(C)[C@H]3CC[C@]12C. The summed E-state index contributed by atoms with van der Waals surface area (Å²) in [5, 5.41) is 0. The molecule has 0 bridgehead atoms. The molecule has 5 heteroatoms. The van der Waals surface area contributed by atoms with Crippen LogP contribution in [-0.4, -0.2) is 37.3 Å². The van der Waals surface area contributed by atoms with E-state index >= 15 is 0 Å². The van der Waals surface area contributed by atoms with E-state index in [-0.39, 0.29) is 30.7 Å². The Bertz CT molecular complexity index is 1700. The van der Waals surface area contributed by atoms with Crippen LogP contribution in [0.25, 0.3) is 0 Å².